The van der Waals surface area contributed by atoms with Gasteiger partial charge in [0.15, 0.2) is 6.04 Å². The molecule has 146 valence electrons. The number of anilines is 1. The maximum atomic E-state index is 12.9. The minimum Gasteiger partial charge on any atom is -0.237 e. The summed E-state index contributed by atoms with van der Waals surface area (Å²) in [5, 5.41) is 1.16. The van der Waals surface area contributed by atoms with E-state index in [-0.39, 0.29) is 6.04 Å². The molecule has 3 aromatic rings. The summed E-state index contributed by atoms with van der Waals surface area (Å²) in [4.78, 5) is 3.63. The molecule has 1 atom stereocenters. The molecule has 0 amide bonds. The van der Waals surface area contributed by atoms with Crippen molar-refractivity contribution in [2.24, 2.45) is 0 Å². The van der Waals surface area contributed by atoms with Gasteiger partial charge in [-0.15, -0.1) is 0 Å². The van der Waals surface area contributed by atoms with Gasteiger partial charge >= 0.3 is 11.3 Å². The third-order valence-electron chi connectivity index (χ3n) is 5.12. The molecule has 0 saturated heterocycles. The van der Waals surface area contributed by atoms with Gasteiger partial charge in [0.25, 0.3) is 0 Å². The molecule has 0 aliphatic carbocycles. The Kier molecular flexibility index (Phi) is 4.91. The molecule has 0 radical (unpaired) electrons. The molecule has 6 heteroatoms. The fourth-order valence-electron chi connectivity index (χ4n) is 3.57. The summed E-state index contributed by atoms with van der Waals surface area (Å²) in [5.41, 5.74) is 1.49. The summed E-state index contributed by atoms with van der Waals surface area (Å²) in [5.74, 6) is 0.450. The predicted molar refractivity (Wildman–Crippen MR) is 105 cm³/mol. The molecule has 0 saturated carbocycles. The first-order valence-electron chi connectivity index (χ1n) is 9.34. The molecule has 0 spiro atoms. The van der Waals surface area contributed by atoms with E-state index in [2.05, 4.69) is 41.6 Å². The summed E-state index contributed by atoms with van der Waals surface area (Å²) in [6.07, 6.45) is -2.09. The lowest BCUT2D eigenvalue weighted by Gasteiger charge is -2.19. The Balaban J connectivity index is 1.66. The fourth-order valence-corrected chi connectivity index (χ4v) is 4.75. The molecule has 1 aliphatic heterocycles. The largest absolute Gasteiger partial charge is 0.416 e. The van der Waals surface area contributed by atoms with E-state index < -0.39 is 11.7 Å². The van der Waals surface area contributed by atoms with Crippen LogP contribution in [0.5, 0.6) is 0 Å². The fraction of sp³-hybridized carbons (Fsp3) is 0.318. The molecule has 2 aromatic carbocycles. The van der Waals surface area contributed by atoms with E-state index in [1.54, 1.807) is 23.5 Å². The molecule has 1 unspecified atom stereocenters. The van der Waals surface area contributed by atoms with E-state index in [9.17, 15) is 13.2 Å². The smallest absolute Gasteiger partial charge is 0.237 e. The first-order chi connectivity index (χ1) is 13.3. The third kappa shape index (κ3) is 3.65. The molecule has 2 heterocycles. The van der Waals surface area contributed by atoms with Crippen LogP contribution >= 0.6 is 11.3 Å². The molecule has 28 heavy (non-hydrogen) atoms. The number of halogens is 3. The van der Waals surface area contributed by atoms with Gasteiger partial charge in [-0.05, 0) is 23.6 Å². The molecular formula is C22H22F3N2S+. The summed E-state index contributed by atoms with van der Waals surface area (Å²) >= 11 is 1.77. The van der Waals surface area contributed by atoms with Gasteiger partial charge in [0.05, 0.1) is 10.4 Å². The lowest BCUT2D eigenvalue weighted by molar-refractivity contribution is -0.670. The molecular weight excluding hydrogens is 381 g/mol. The van der Waals surface area contributed by atoms with Crippen molar-refractivity contribution in [1.29, 1.82) is 0 Å². The van der Waals surface area contributed by atoms with Crippen LogP contribution in [0, 0.1) is 0 Å². The second-order valence-corrected chi connectivity index (χ2v) is 8.51. The third-order valence-corrected chi connectivity index (χ3v) is 6.58. The number of hydrogen-bond donors (Lipinski definition) is 0. The molecule has 4 rings (SSSR count). The number of rotatable bonds is 4. The van der Waals surface area contributed by atoms with Gasteiger partial charge in [-0.1, -0.05) is 67.6 Å². The number of alkyl halides is 3. The second kappa shape index (κ2) is 7.24. The summed E-state index contributed by atoms with van der Waals surface area (Å²) in [6, 6.07) is 16.0. The lowest BCUT2D eigenvalue weighted by Crippen LogP contribution is -2.28. The van der Waals surface area contributed by atoms with E-state index in [1.807, 2.05) is 18.2 Å². The monoisotopic (exact) mass is 403 g/mol. The Morgan fingerprint density at radius 3 is 2.36 bits per heavy atom. The van der Waals surface area contributed by atoms with Gasteiger partial charge < -0.3 is 0 Å². The average Bonchev–Trinajstić information content (AvgIpc) is 3.22. The molecule has 1 aromatic heterocycles. The van der Waals surface area contributed by atoms with Gasteiger partial charge in [-0.2, -0.15) is 13.2 Å². The van der Waals surface area contributed by atoms with E-state index >= 15 is 0 Å². The van der Waals surface area contributed by atoms with Crippen molar-refractivity contribution < 1.29 is 17.7 Å². The first kappa shape index (κ1) is 19.0. The van der Waals surface area contributed by atoms with Crippen molar-refractivity contribution in [2.75, 3.05) is 4.90 Å². The first-order valence-corrected chi connectivity index (χ1v) is 10.2. The summed E-state index contributed by atoms with van der Waals surface area (Å²) < 4.78 is 40.9. The molecule has 0 bridgehead atoms. The number of nitrogens with zero attached hydrogens (tertiary/aromatic N) is 2. The topological polar surface area (TPSA) is 7.12 Å². The minimum atomic E-state index is -4.30. The van der Waals surface area contributed by atoms with Crippen molar-refractivity contribution in [3.05, 3.63) is 82.4 Å². The Hall–Kier alpha value is -2.34. The quantitative estimate of drug-likeness (QED) is 0.489. The van der Waals surface area contributed by atoms with E-state index in [4.69, 9.17) is 0 Å². The number of aromatic nitrogens is 1. The molecule has 2 nitrogen and oxygen atoms in total. The zero-order chi connectivity index (χ0) is 19.9. The SMILES string of the molecule is CC(C)c1c[n+]2c(s1)N(Cc1ccc(C(F)(F)F)cc1)C(c1ccccc1)C2. The van der Waals surface area contributed by atoms with Gasteiger partial charge in [0.2, 0.25) is 0 Å². The highest BCUT2D eigenvalue weighted by Gasteiger charge is 2.41. The molecule has 1 aliphatic rings. The molecule has 0 fully saturated rings. The highest BCUT2D eigenvalue weighted by molar-refractivity contribution is 7.15. The zero-order valence-electron chi connectivity index (χ0n) is 15.8. The summed E-state index contributed by atoms with van der Waals surface area (Å²) in [6.45, 7) is 5.78. The van der Waals surface area contributed by atoms with E-state index in [0.29, 0.717) is 12.5 Å². The standard InChI is InChI=1S/C22H22F3N2S/c1-15(2)20-14-26-13-19(17-6-4-3-5-7-17)27(21(26)28-20)12-16-8-10-18(11-9-16)22(23,24)25/h3-11,14-15,19H,12-13H2,1-2H3/q+1. The van der Waals surface area contributed by atoms with Crippen molar-refractivity contribution in [3.8, 4) is 0 Å². The number of thiazole rings is 1. The van der Waals surface area contributed by atoms with Crippen LogP contribution in [-0.2, 0) is 19.3 Å². The maximum Gasteiger partial charge on any atom is 0.416 e. The van der Waals surface area contributed by atoms with Crippen molar-refractivity contribution in [1.82, 2.24) is 0 Å². The molecule has 0 N–H and O–H groups in total. The minimum absolute atomic E-state index is 0.177. The Labute approximate surface area is 166 Å². The van der Waals surface area contributed by atoms with Gasteiger partial charge in [-0.25, -0.2) is 9.47 Å². The number of benzene rings is 2. The van der Waals surface area contributed by atoms with Crippen molar-refractivity contribution >= 4 is 16.5 Å². The van der Waals surface area contributed by atoms with Crippen LogP contribution < -0.4 is 9.47 Å². The Bertz CT molecular complexity index is 946. The van der Waals surface area contributed by atoms with Crippen LogP contribution in [0.25, 0.3) is 0 Å². The van der Waals surface area contributed by atoms with Gasteiger partial charge in [-0.3, -0.25) is 0 Å². The van der Waals surface area contributed by atoms with Crippen LogP contribution in [0.15, 0.2) is 60.8 Å². The number of hydrogen-bond acceptors (Lipinski definition) is 2. The van der Waals surface area contributed by atoms with Crippen molar-refractivity contribution in [2.45, 2.75) is 45.1 Å². The maximum absolute atomic E-state index is 12.9. The van der Waals surface area contributed by atoms with Crippen molar-refractivity contribution in [3.63, 3.8) is 0 Å². The zero-order valence-corrected chi connectivity index (χ0v) is 16.6. The van der Waals surface area contributed by atoms with Crippen LogP contribution in [-0.4, -0.2) is 0 Å². The van der Waals surface area contributed by atoms with Crippen LogP contribution in [0.3, 0.4) is 0 Å². The highest BCUT2D eigenvalue weighted by Crippen LogP contribution is 2.38. The lowest BCUT2D eigenvalue weighted by atomic mass is 10.1. The summed E-state index contributed by atoms with van der Waals surface area (Å²) in [7, 11) is 0. The van der Waals surface area contributed by atoms with Crippen LogP contribution in [0.2, 0.25) is 0 Å². The second-order valence-electron chi connectivity index (χ2n) is 7.47. The Morgan fingerprint density at radius 1 is 1.07 bits per heavy atom. The van der Waals surface area contributed by atoms with E-state index in [0.717, 1.165) is 17.2 Å². The average molecular weight is 403 g/mol. The van der Waals surface area contributed by atoms with E-state index in [1.165, 1.54) is 22.6 Å². The number of fused-ring (bicyclic) bond motifs is 1. The van der Waals surface area contributed by atoms with Crippen LogP contribution in [0.4, 0.5) is 18.3 Å². The highest BCUT2D eigenvalue weighted by atomic mass is 32.1. The van der Waals surface area contributed by atoms with Crippen LogP contribution in [0.1, 0.15) is 47.4 Å². The normalized spacial score (nSPS) is 16.6. The predicted octanol–water partition coefficient (Wildman–Crippen LogP) is 5.94. The Morgan fingerprint density at radius 2 is 1.75 bits per heavy atom. The van der Waals surface area contributed by atoms with Gasteiger partial charge in [0, 0.05) is 5.56 Å². The van der Waals surface area contributed by atoms with Gasteiger partial charge in [0.1, 0.15) is 19.3 Å².